The number of nitro benzene ring substituents is 1. The molecule has 6 nitrogen and oxygen atoms in total. The van der Waals surface area contributed by atoms with Gasteiger partial charge in [0.2, 0.25) is 0 Å². The number of carbonyl (C=O) groups excluding carboxylic acids is 1. The molecule has 2 rings (SSSR count). The van der Waals surface area contributed by atoms with Gasteiger partial charge < -0.3 is 0 Å². The van der Waals surface area contributed by atoms with E-state index in [0.29, 0.717) is 11.1 Å². The molecule has 0 N–H and O–H groups in total. The summed E-state index contributed by atoms with van der Waals surface area (Å²) in [5.41, 5.74) is 0.767. The molecule has 0 heterocycles. The van der Waals surface area contributed by atoms with Crippen LogP contribution in [0.15, 0.2) is 54.6 Å². The van der Waals surface area contributed by atoms with Gasteiger partial charge in [0.1, 0.15) is 5.92 Å². The van der Waals surface area contributed by atoms with E-state index in [1.807, 2.05) is 12.1 Å². The van der Waals surface area contributed by atoms with Gasteiger partial charge in [0, 0.05) is 30.0 Å². The highest BCUT2D eigenvalue weighted by atomic mass is 16.6. The molecule has 2 aromatic rings. The fourth-order valence-corrected chi connectivity index (χ4v) is 2.45. The highest BCUT2D eigenvalue weighted by Gasteiger charge is 2.27. The number of rotatable bonds is 6. The molecule has 0 aromatic heterocycles. The van der Waals surface area contributed by atoms with E-state index >= 15 is 0 Å². The number of Topliss-reactive ketones (excluding diaryl/α,β-unsaturated/α-hetero) is 1. The normalized spacial score (nSPS) is 11.3. The Bertz CT molecular complexity index is 821. The minimum Gasteiger partial charge on any atom is -0.294 e. The average Bonchev–Trinajstić information content (AvgIpc) is 2.62. The second-order valence-corrected chi connectivity index (χ2v) is 5.19. The number of hydrogen-bond acceptors (Lipinski definition) is 5. The molecule has 0 bridgehead atoms. The average molecular weight is 319 g/mol. The van der Waals surface area contributed by atoms with Gasteiger partial charge in [-0.15, -0.1) is 0 Å². The van der Waals surface area contributed by atoms with Crippen molar-refractivity contribution in [2.24, 2.45) is 5.92 Å². The first-order valence-electron chi connectivity index (χ1n) is 7.18. The third-order valence-electron chi connectivity index (χ3n) is 3.69. The van der Waals surface area contributed by atoms with Crippen LogP contribution in [0.4, 0.5) is 5.69 Å². The first kappa shape index (κ1) is 16.9. The Morgan fingerprint density at radius 2 is 1.75 bits per heavy atom. The van der Waals surface area contributed by atoms with Crippen LogP contribution in [0.5, 0.6) is 0 Å². The Morgan fingerprint density at radius 3 is 2.33 bits per heavy atom. The predicted molar refractivity (Wildman–Crippen MR) is 85.9 cm³/mol. The summed E-state index contributed by atoms with van der Waals surface area (Å²) in [4.78, 5) is 22.8. The highest BCUT2D eigenvalue weighted by Crippen LogP contribution is 2.31. The zero-order chi connectivity index (χ0) is 17.5. The van der Waals surface area contributed by atoms with E-state index in [0.717, 1.165) is 0 Å². The maximum atomic E-state index is 12.4. The van der Waals surface area contributed by atoms with Crippen LogP contribution < -0.4 is 0 Å². The summed E-state index contributed by atoms with van der Waals surface area (Å²) in [6, 6.07) is 18.0. The molecular formula is C18H13N3O3. The molecule has 0 saturated heterocycles. The van der Waals surface area contributed by atoms with Crippen LogP contribution in [0.1, 0.15) is 28.3 Å². The lowest BCUT2D eigenvalue weighted by molar-refractivity contribution is -0.384. The quantitative estimate of drug-likeness (QED) is 0.459. The number of ketones is 1. The smallest absolute Gasteiger partial charge is 0.269 e. The van der Waals surface area contributed by atoms with Crippen molar-refractivity contribution in [2.75, 3.05) is 0 Å². The van der Waals surface area contributed by atoms with E-state index in [2.05, 4.69) is 0 Å². The molecule has 0 aliphatic heterocycles. The summed E-state index contributed by atoms with van der Waals surface area (Å²) in [5.74, 6) is -2.02. The maximum Gasteiger partial charge on any atom is 0.269 e. The second-order valence-electron chi connectivity index (χ2n) is 5.19. The molecule has 0 radical (unpaired) electrons. The monoisotopic (exact) mass is 319 g/mol. The molecule has 0 aliphatic rings. The van der Waals surface area contributed by atoms with Gasteiger partial charge in [0.05, 0.1) is 17.1 Å². The lowest BCUT2D eigenvalue weighted by Crippen LogP contribution is -2.15. The summed E-state index contributed by atoms with van der Waals surface area (Å²) >= 11 is 0. The minimum atomic E-state index is -1.07. The lowest BCUT2D eigenvalue weighted by Gasteiger charge is -2.17. The summed E-state index contributed by atoms with van der Waals surface area (Å²) in [7, 11) is 0. The van der Waals surface area contributed by atoms with E-state index in [1.165, 1.54) is 18.2 Å². The minimum absolute atomic E-state index is 0.0725. The number of hydrogen-bond donors (Lipinski definition) is 0. The Morgan fingerprint density at radius 1 is 1.08 bits per heavy atom. The van der Waals surface area contributed by atoms with Gasteiger partial charge in [0.15, 0.2) is 5.78 Å². The first-order valence-corrected chi connectivity index (χ1v) is 7.18. The van der Waals surface area contributed by atoms with E-state index < -0.39 is 16.8 Å². The SMILES string of the molecule is N#CC(C#N)[C@H](CC(=O)c1ccccc1)c1cccc([N+](=O)[O-])c1. The van der Waals surface area contributed by atoms with Crippen LogP contribution >= 0.6 is 0 Å². The third kappa shape index (κ3) is 3.82. The number of non-ortho nitro benzene ring substituents is 1. The third-order valence-corrected chi connectivity index (χ3v) is 3.69. The van der Waals surface area contributed by atoms with Crippen molar-refractivity contribution < 1.29 is 9.72 Å². The summed E-state index contributed by atoms with van der Waals surface area (Å²) in [5, 5.41) is 29.3. The Balaban J connectivity index is 2.38. The maximum absolute atomic E-state index is 12.4. The Labute approximate surface area is 138 Å². The Hall–Kier alpha value is -3.51. The van der Waals surface area contributed by atoms with Crippen molar-refractivity contribution in [3.63, 3.8) is 0 Å². The molecule has 24 heavy (non-hydrogen) atoms. The van der Waals surface area contributed by atoms with Gasteiger partial charge >= 0.3 is 0 Å². The zero-order valence-electron chi connectivity index (χ0n) is 12.6. The van der Waals surface area contributed by atoms with Crippen molar-refractivity contribution in [2.45, 2.75) is 12.3 Å². The van der Waals surface area contributed by atoms with E-state index in [9.17, 15) is 25.4 Å². The molecule has 0 unspecified atom stereocenters. The topological polar surface area (TPSA) is 108 Å². The number of nitro groups is 1. The Kier molecular flexibility index (Phi) is 5.38. The molecule has 6 heteroatoms. The summed E-state index contributed by atoms with van der Waals surface area (Å²) < 4.78 is 0. The van der Waals surface area contributed by atoms with Crippen LogP contribution in [0.3, 0.4) is 0 Å². The molecule has 0 spiro atoms. The lowest BCUT2D eigenvalue weighted by atomic mass is 9.82. The van der Waals surface area contributed by atoms with Crippen molar-refractivity contribution >= 4 is 11.5 Å². The van der Waals surface area contributed by atoms with E-state index in [-0.39, 0.29) is 17.9 Å². The number of benzene rings is 2. The fraction of sp³-hybridized carbons (Fsp3) is 0.167. The van der Waals surface area contributed by atoms with Gasteiger partial charge in [-0.05, 0) is 5.56 Å². The number of nitriles is 2. The van der Waals surface area contributed by atoms with Gasteiger partial charge in [-0.25, -0.2) is 0 Å². The van der Waals surface area contributed by atoms with Gasteiger partial charge in [0.25, 0.3) is 5.69 Å². The van der Waals surface area contributed by atoms with Gasteiger partial charge in [-0.3, -0.25) is 14.9 Å². The fourth-order valence-electron chi connectivity index (χ4n) is 2.45. The summed E-state index contributed by atoms with van der Waals surface area (Å²) in [6.07, 6.45) is -0.0725. The van der Waals surface area contributed by atoms with Crippen molar-refractivity contribution in [3.05, 3.63) is 75.8 Å². The molecule has 0 aliphatic carbocycles. The van der Waals surface area contributed by atoms with Gasteiger partial charge in [-0.1, -0.05) is 42.5 Å². The van der Waals surface area contributed by atoms with Crippen LogP contribution in [0, 0.1) is 38.7 Å². The van der Waals surface area contributed by atoms with Crippen LogP contribution in [-0.4, -0.2) is 10.7 Å². The number of carbonyl (C=O) groups is 1. The summed E-state index contributed by atoms with van der Waals surface area (Å²) in [6.45, 7) is 0. The van der Waals surface area contributed by atoms with Crippen molar-refractivity contribution in [1.82, 2.24) is 0 Å². The first-order chi connectivity index (χ1) is 11.6. The van der Waals surface area contributed by atoms with Crippen molar-refractivity contribution in [1.29, 1.82) is 10.5 Å². The molecule has 1 atom stereocenters. The highest BCUT2D eigenvalue weighted by molar-refractivity contribution is 5.96. The van der Waals surface area contributed by atoms with E-state index in [4.69, 9.17) is 0 Å². The molecule has 0 amide bonds. The number of nitrogens with zero attached hydrogens (tertiary/aromatic N) is 3. The van der Waals surface area contributed by atoms with Gasteiger partial charge in [-0.2, -0.15) is 10.5 Å². The van der Waals surface area contributed by atoms with Crippen LogP contribution in [0.25, 0.3) is 0 Å². The largest absolute Gasteiger partial charge is 0.294 e. The van der Waals surface area contributed by atoms with Crippen molar-refractivity contribution in [3.8, 4) is 12.1 Å². The van der Waals surface area contributed by atoms with Crippen LogP contribution in [-0.2, 0) is 0 Å². The molecule has 0 saturated carbocycles. The molecule has 0 fully saturated rings. The second kappa shape index (κ2) is 7.66. The molecular weight excluding hydrogens is 306 g/mol. The zero-order valence-corrected chi connectivity index (χ0v) is 12.6. The molecule has 118 valence electrons. The molecule has 2 aromatic carbocycles. The van der Waals surface area contributed by atoms with E-state index in [1.54, 1.807) is 36.4 Å². The van der Waals surface area contributed by atoms with Crippen LogP contribution in [0.2, 0.25) is 0 Å². The predicted octanol–water partition coefficient (Wildman–Crippen LogP) is 3.61. The standard InChI is InChI=1S/C18H13N3O3/c19-11-15(12-20)17(10-18(22)13-5-2-1-3-6-13)14-7-4-8-16(9-14)21(23)24/h1-9,15,17H,10H2/t17-/m1/s1.